The largest absolute Gasteiger partial charge is 0.497 e. The lowest BCUT2D eigenvalue weighted by molar-refractivity contribution is 0.144. The van der Waals surface area contributed by atoms with Gasteiger partial charge in [0.05, 0.1) is 14.2 Å². The molecule has 0 atom stereocenters. The average Bonchev–Trinajstić information content (AvgIpc) is 3.17. The van der Waals surface area contributed by atoms with Gasteiger partial charge in [-0.3, -0.25) is 9.80 Å². The second-order valence-electron chi connectivity index (χ2n) is 14.3. The molecule has 0 aliphatic heterocycles. The molecule has 0 unspecified atom stereocenters. The van der Waals surface area contributed by atoms with Crippen molar-refractivity contribution in [3.63, 3.8) is 0 Å². The van der Waals surface area contributed by atoms with Crippen LogP contribution in [0.2, 0.25) is 0 Å². The maximum absolute atomic E-state index is 14.1. The third-order valence-electron chi connectivity index (χ3n) is 9.03. The maximum Gasteiger partial charge on any atom is 0.415 e. The minimum atomic E-state index is -0.551. The van der Waals surface area contributed by atoms with Crippen molar-refractivity contribution in [1.82, 2.24) is 14.7 Å². The summed E-state index contributed by atoms with van der Waals surface area (Å²) in [6, 6.07) is 36.5. The van der Waals surface area contributed by atoms with Crippen LogP contribution in [-0.2, 0) is 32.7 Å². The van der Waals surface area contributed by atoms with Crippen molar-refractivity contribution in [2.45, 2.75) is 32.7 Å². The fourth-order valence-electron chi connectivity index (χ4n) is 6.13. The van der Waals surface area contributed by atoms with Gasteiger partial charge < -0.3 is 33.6 Å². The molecule has 0 heterocycles. The molecule has 0 spiro atoms. The summed E-state index contributed by atoms with van der Waals surface area (Å²) >= 11 is 0. The molecule has 0 radical (unpaired) electrons. The number of carbonyl (C=O) groups excluding carboxylic acids is 2. The van der Waals surface area contributed by atoms with E-state index >= 15 is 0 Å². The third kappa shape index (κ3) is 11.9. The Bertz CT molecular complexity index is 1910. The quantitative estimate of drug-likeness (QED) is 0.0987. The van der Waals surface area contributed by atoms with Crippen molar-refractivity contribution in [2.75, 3.05) is 66.3 Å². The van der Waals surface area contributed by atoms with Crippen LogP contribution in [0.5, 0.6) is 23.0 Å². The zero-order valence-corrected chi connectivity index (χ0v) is 33.7. The lowest BCUT2D eigenvalue weighted by atomic mass is 10.1. The summed E-state index contributed by atoms with van der Waals surface area (Å²) in [7, 11) is 15.1. The van der Waals surface area contributed by atoms with E-state index in [1.54, 1.807) is 42.2 Å². The first-order valence-electron chi connectivity index (χ1n) is 18.4. The molecule has 0 N–H and O–H groups in total. The first-order valence-corrected chi connectivity index (χ1v) is 18.4. The van der Waals surface area contributed by atoms with Crippen LogP contribution in [-0.4, -0.2) is 83.4 Å². The summed E-state index contributed by atoms with van der Waals surface area (Å²) in [6.07, 6.45) is -1.10. The molecule has 56 heavy (non-hydrogen) atoms. The topological polar surface area (TPSA) is 87.3 Å². The van der Waals surface area contributed by atoms with Crippen LogP contribution >= 0.6 is 0 Å². The van der Waals surface area contributed by atoms with Gasteiger partial charge in [-0.2, -0.15) is 0 Å². The zero-order valence-electron chi connectivity index (χ0n) is 33.7. The lowest BCUT2D eigenvalue weighted by Crippen LogP contribution is -2.33. The number of methoxy groups -OCH3 is 2. The first-order chi connectivity index (χ1) is 26.9. The van der Waals surface area contributed by atoms with Crippen LogP contribution in [0.3, 0.4) is 0 Å². The molecule has 11 nitrogen and oxygen atoms in total. The monoisotopic (exact) mass is 759 g/mol. The molecular weight excluding hydrogens is 707 g/mol. The van der Waals surface area contributed by atoms with Crippen molar-refractivity contribution < 1.29 is 28.5 Å². The molecule has 5 aromatic carbocycles. The van der Waals surface area contributed by atoms with Gasteiger partial charge in [-0.05, 0) is 103 Å². The Morgan fingerprint density at radius 3 is 1.16 bits per heavy atom. The molecule has 5 aromatic rings. The van der Waals surface area contributed by atoms with Gasteiger partial charge in [0.25, 0.3) is 0 Å². The summed E-state index contributed by atoms with van der Waals surface area (Å²) < 4.78 is 23.1. The number of hydrogen-bond acceptors (Lipinski definition) is 9. The Morgan fingerprint density at radius 1 is 0.429 bits per heavy atom. The van der Waals surface area contributed by atoms with E-state index in [0.717, 1.165) is 39.2 Å². The first kappa shape index (κ1) is 41.0. The van der Waals surface area contributed by atoms with Crippen LogP contribution in [0.15, 0.2) is 115 Å². The van der Waals surface area contributed by atoms with Crippen LogP contribution in [0.25, 0.3) is 0 Å². The second-order valence-corrected chi connectivity index (χ2v) is 14.3. The smallest absolute Gasteiger partial charge is 0.415 e. The average molecular weight is 760 g/mol. The molecule has 11 heteroatoms. The summed E-state index contributed by atoms with van der Waals surface area (Å²) in [5.74, 6) is 1.91. The number of carbonyl (C=O) groups is 2. The van der Waals surface area contributed by atoms with Crippen molar-refractivity contribution in [2.24, 2.45) is 0 Å². The van der Waals surface area contributed by atoms with Crippen molar-refractivity contribution in [1.29, 1.82) is 0 Å². The van der Waals surface area contributed by atoms with E-state index in [9.17, 15) is 9.59 Å². The Morgan fingerprint density at radius 2 is 0.804 bits per heavy atom. The van der Waals surface area contributed by atoms with Crippen LogP contribution in [0, 0.1) is 0 Å². The van der Waals surface area contributed by atoms with Gasteiger partial charge in [-0.25, -0.2) is 9.59 Å². The van der Waals surface area contributed by atoms with E-state index in [1.165, 1.54) is 0 Å². The Labute approximate surface area is 331 Å². The lowest BCUT2D eigenvalue weighted by Gasteiger charge is -2.24. The van der Waals surface area contributed by atoms with Crippen LogP contribution in [0.1, 0.15) is 27.8 Å². The molecule has 0 saturated carbocycles. The van der Waals surface area contributed by atoms with Crippen molar-refractivity contribution in [3.05, 3.63) is 143 Å². The molecule has 0 aliphatic rings. The van der Waals surface area contributed by atoms with E-state index in [-0.39, 0.29) is 24.6 Å². The zero-order chi connectivity index (χ0) is 40.2. The van der Waals surface area contributed by atoms with Gasteiger partial charge in [0.15, 0.2) is 0 Å². The standard InChI is InChI=1S/C45H53N5O6/c1-46(2)28-37-25-42(55-44(51)49(31-35-11-9-13-40(23-35)53-7)29-33-15-19-38(20-16-33)47(3)4)27-43(26-37)56-45(52)50(32-36-12-10-14-41(24-36)54-8)30-34-17-21-39(22-18-34)48(5)6/h9-27H,28-32H2,1-8H3. The van der Waals surface area contributed by atoms with Gasteiger partial charge in [0.2, 0.25) is 0 Å². The van der Waals surface area contributed by atoms with Gasteiger partial charge in [-0.15, -0.1) is 0 Å². The van der Waals surface area contributed by atoms with Gasteiger partial charge in [-0.1, -0.05) is 48.5 Å². The number of hydrogen-bond donors (Lipinski definition) is 0. The second kappa shape index (κ2) is 19.4. The predicted molar refractivity (Wildman–Crippen MR) is 222 cm³/mol. The summed E-state index contributed by atoms with van der Waals surface area (Å²) in [6.45, 7) is 1.68. The fraction of sp³-hybridized carbons (Fsp3) is 0.289. The molecule has 0 saturated heterocycles. The fourth-order valence-corrected chi connectivity index (χ4v) is 6.13. The van der Waals surface area contributed by atoms with Crippen LogP contribution in [0.4, 0.5) is 21.0 Å². The van der Waals surface area contributed by atoms with E-state index in [0.29, 0.717) is 31.1 Å². The number of amides is 2. The summed E-state index contributed by atoms with van der Waals surface area (Å²) in [5, 5.41) is 0. The predicted octanol–water partition coefficient (Wildman–Crippen LogP) is 8.30. The highest BCUT2D eigenvalue weighted by molar-refractivity contribution is 5.73. The number of benzene rings is 5. The van der Waals surface area contributed by atoms with E-state index < -0.39 is 12.2 Å². The summed E-state index contributed by atoms with van der Waals surface area (Å²) in [4.78, 5) is 37.5. The molecule has 0 aliphatic carbocycles. The Balaban J connectivity index is 1.42. The Kier molecular flexibility index (Phi) is 14.2. The van der Waals surface area contributed by atoms with E-state index in [2.05, 4.69) is 0 Å². The number of ether oxygens (including phenoxy) is 4. The van der Waals surface area contributed by atoms with Crippen molar-refractivity contribution >= 4 is 23.6 Å². The highest BCUT2D eigenvalue weighted by Crippen LogP contribution is 2.27. The highest BCUT2D eigenvalue weighted by atomic mass is 16.6. The highest BCUT2D eigenvalue weighted by Gasteiger charge is 2.22. The molecule has 294 valence electrons. The van der Waals surface area contributed by atoms with E-state index in [4.69, 9.17) is 18.9 Å². The third-order valence-corrected chi connectivity index (χ3v) is 9.03. The summed E-state index contributed by atoms with van der Waals surface area (Å²) in [5.41, 5.74) is 6.57. The molecule has 2 amide bonds. The van der Waals surface area contributed by atoms with Gasteiger partial charge in [0, 0.05) is 78.4 Å². The molecular formula is C45H53N5O6. The molecule has 0 bridgehead atoms. The number of rotatable bonds is 16. The van der Waals surface area contributed by atoms with Crippen LogP contribution < -0.4 is 28.7 Å². The SMILES string of the molecule is COc1cccc(CN(Cc2ccc(N(C)C)cc2)C(=O)Oc2cc(CN(C)C)cc(OC(=O)N(Cc3ccc(N(C)C)cc3)Cc3cccc(OC)c3)c2)c1. The Hall–Kier alpha value is -6.20. The van der Waals surface area contributed by atoms with Gasteiger partial charge in [0.1, 0.15) is 23.0 Å². The normalized spacial score (nSPS) is 10.8. The number of nitrogens with zero attached hydrogens (tertiary/aromatic N) is 5. The minimum absolute atomic E-state index is 0.259. The molecule has 0 fully saturated rings. The van der Waals surface area contributed by atoms with Gasteiger partial charge >= 0.3 is 12.2 Å². The minimum Gasteiger partial charge on any atom is -0.497 e. The van der Waals surface area contributed by atoms with Crippen molar-refractivity contribution in [3.8, 4) is 23.0 Å². The molecule has 5 rings (SSSR count). The maximum atomic E-state index is 14.1. The molecule has 0 aromatic heterocycles. The van der Waals surface area contributed by atoms with E-state index in [1.807, 2.05) is 154 Å². The number of anilines is 2.